The lowest BCUT2D eigenvalue weighted by Crippen LogP contribution is -1.90. The Hall–Kier alpha value is -1.89. The maximum Gasteiger partial charge on any atom is 0.154 e. The average molecular weight is 144 g/mol. The molecule has 52 valence electrons. The minimum atomic E-state index is 0.515. The SMILES string of the molecule is N#Cc1cnc2ccnn2c1. The minimum Gasteiger partial charge on any atom is -0.236 e. The predicted octanol–water partition coefficient (Wildman–Crippen LogP) is 0.601. The van der Waals surface area contributed by atoms with Crippen molar-refractivity contribution in [2.24, 2.45) is 0 Å². The Kier molecular flexibility index (Phi) is 1.10. The van der Waals surface area contributed by atoms with Gasteiger partial charge in [0.25, 0.3) is 0 Å². The fourth-order valence-electron chi connectivity index (χ4n) is 0.867. The second kappa shape index (κ2) is 2.06. The van der Waals surface area contributed by atoms with E-state index >= 15 is 0 Å². The number of fused-ring (bicyclic) bond motifs is 1. The van der Waals surface area contributed by atoms with Gasteiger partial charge in [-0.25, -0.2) is 9.50 Å². The number of hydrogen-bond donors (Lipinski definition) is 0. The van der Waals surface area contributed by atoms with Crippen LogP contribution in [0.15, 0.2) is 24.7 Å². The summed E-state index contributed by atoms with van der Waals surface area (Å²) in [6.45, 7) is 0. The van der Waals surface area contributed by atoms with E-state index in [1.54, 1.807) is 23.0 Å². The molecule has 0 saturated heterocycles. The van der Waals surface area contributed by atoms with Crippen molar-refractivity contribution < 1.29 is 0 Å². The van der Waals surface area contributed by atoms with Gasteiger partial charge < -0.3 is 0 Å². The van der Waals surface area contributed by atoms with Crippen molar-refractivity contribution in [1.82, 2.24) is 14.6 Å². The van der Waals surface area contributed by atoms with Crippen LogP contribution in [0.2, 0.25) is 0 Å². The maximum absolute atomic E-state index is 8.50. The molecule has 0 amide bonds. The first-order valence-corrected chi connectivity index (χ1v) is 3.09. The quantitative estimate of drug-likeness (QED) is 0.544. The molecular weight excluding hydrogens is 140 g/mol. The van der Waals surface area contributed by atoms with E-state index in [0.717, 1.165) is 5.65 Å². The van der Waals surface area contributed by atoms with Crippen LogP contribution < -0.4 is 0 Å². The summed E-state index contributed by atoms with van der Waals surface area (Å²) >= 11 is 0. The standard InChI is InChI=1S/C7H4N4/c8-3-6-4-9-7-1-2-10-11(7)5-6/h1-2,4-5H. The molecule has 0 aliphatic rings. The van der Waals surface area contributed by atoms with Crippen molar-refractivity contribution in [2.75, 3.05) is 0 Å². The van der Waals surface area contributed by atoms with Crippen molar-refractivity contribution in [2.45, 2.75) is 0 Å². The lowest BCUT2D eigenvalue weighted by molar-refractivity contribution is 0.935. The number of nitriles is 1. The van der Waals surface area contributed by atoms with Crippen LogP contribution in [0.5, 0.6) is 0 Å². The zero-order valence-corrected chi connectivity index (χ0v) is 5.60. The Morgan fingerprint density at radius 2 is 2.45 bits per heavy atom. The highest BCUT2D eigenvalue weighted by molar-refractivity contribution is 5.38. The van der Waals surface area contributed by atoms with Crippen LogP contribution in [0.4, 0.5) is 0 Å². The van der Waals surface area contributed by atoms with E-state index in [-0.39, 0.29) is 0 Å². The molecule has 0 N–H and O–H groups in total. The van der Waals surface area contributed by atoms with Crippen LogP contribution in [-0.2, 0) is 0 Å². The van der Waals surface area contributed by atoms with Gasteiger partial charge in [-0.05, 0) is 0 Å². The van der Waals surface area contributed by atoms with E-state index in [9.17, 15) is 0 Å². The van der Waals surface area contributed by atoms with Crippen LogP contribution in [0.25, 0.3) is 5.65 Å². The third kappa shape index (κ3) is 0.829. The van der Waals surface area contributed by atoms with Crippen LogP contribution in [0.1, 0.15) is 5.56 Å². The number of aromatic nitrogens is 3. The molecule has 0 fully saturated rings. The summed E-state index contributed by atoms with van der Waals surface area (Å²) in [5.41, 5.74) is 1.27. The summed E-state index contributed by atoms with van der Waals surface area (Å²) in [6, 6.07) is 3.76. The fourth-order valence-corrected chi connectivity index (χ4v) is 0.867. The van der Waals surface area contributed by atoms with Gasteiger partial charge in [-0.2, -0.15) is 10.4 Å². The Morgan fingerprint density at radius 3 is 3.27 bits per heavy atom. The lowest BCUT2D eigenvalue weighted by Gasteiger charge is -1.90. The second-order valence-corrected chi connectivity index (χ2v) is 2.09. The van der Waals surface area contributed by atoms with Crippen molar-refractivity contribution in [1.29, 1.82) is 5.26 Å². The van der Waals surface area contributed by atoms with Crippen LogP contribution in [0.3, 0.4) is 0 Å². The van der Waals surface area contributed by atoms with Gasteiger partial charge in [-0.1, -0.05) is 0 Å². The van der Waals surface area contributed by atoms with Crippen molar-refractivity contribution >= 4 is 5.65 Å². The molecule has 0 aliphatic carbocycles. The van der Waals surface area contributed by atoms with Crippen molar-refractivity contribution in [3.63, 3.8) is 0 Å². The Balaban J connectivity index is 2.79. The molecule has 4 nitrogen and oxygen atoms in total. The highest BCUT2D eigenvalue weighted by Gasteiger charge is 1.94. The fraction of sp³-hybridized carbons (Fsp3) is 0. The van der Waals surface area contributed by atoms with Gasteiger partial charge in [0.05, 0.1) is 18.0 Å². The minimum absolute atomic E-state index is 0.515. The summed E-state index contributed by atoms with van der Waals surface area (Å²) in [7, 11) is 0. The van der Waals surface area contributed by atoms with E-state index in [1.165, 1.54) is 6.20 Å². The predicted molar refractivity (Wildman–Crippen MR) is 37.7 cm³/mol. The van der Waals surface area contributed by atoms with Gasteiger partial charge >= 0.3 is 0 Å². The summed E-state index contributed by atoms with van der Waals surface area (Å²) in [5.74, 6) is 0. The van der Waals surface area contributed by atoms with Gasteiger partial charge in [-0.3, -0.25) is 0 Å². The molecule has 0 aromatic carbocycles. The maximum atomic E-state index is 8.50. The molecule has 11 heavy (non-hydrogen) atoms. The Bertz CT molecular complexity index is 423. The van der Waals surface area contributed by atoms with Gasteiger partial charge in [0, 0.05) is 12.3 Å². The molecule has 0 saturated carbocycles. The number of rotatable bonds is 0. The summed E-state index contributed by atoms with van der Waals surface area (Å²) in [5, 5.41) is 12.4. The van der Waals surface area contributed by atoms with E-state index < -0.39 is 0 Å². The molecule has 2 heterocycles. The molecular formula is C7H4N4. The van der Waals surface area contributed by atoms with Crippen LogP contribution in [-0.4, -0.2) is 14.6 Å². The largest absolute Gasteiger partial charge is 0.236 e. The van der Waals surface area contributed by atoms with Gasteiger partial charge in [0.1, 0.15) is 6.07 Å². The molecule has 0 atom stereocenters. The number of nitrogens with zero attached hydrogens (tertiary/aromatic N) is 4. The summed E-state index contributed by atoms with van der Waals surface area (Å²) < 4.78 is 1.57. The molecule has 0 aliphatic heterocycles. The zero-order chi connectivity index (χ0) is 7.68. The van der Waals surface area contributed by atoms with E-state index in [0.29, 0.717) is 5.56 Å². The summed E-state index contributed by atoms with van der Waals surface area (Å²) in [4.78, 5) is 3.99. The molecule has 0 radical (unpaired) electrons. The summed E-state index contributed by atoms with van der Waals surface area (Å²) in [6.07, 6.45) is 4.81. The first kappa shape index (κ1) is 5.86. The molecule has 4 heteroatoms. The van der Waals surface area contributed by atoms with Gasteiger partial charge in [0.2, 0.25) is 0 Å². The topological polar surface area (TPSA) is 54.0 Å². The first-order chi connectivity index (χ1) is 5.40. The molecule has 0 bridgehead atoms. The number of hydrogen-bond acceptors (Lipinski definition) is 3. The Morgan fingerprint density at radius 1 is 1.55 bits per heavy atom. The van der Waals surface area contributed by atoms with Gasteiger partial charge in [0.15, 0.2) is 5.65 Å². The van der Waals surface area contributed by atoms with E-state index in [1.807, 2.05) is 6.07 Å². The third-order valence-corrected chi connectivity index (χ3v) is 1.38. The van der Waals surface area contributed by atoms with E-state index in [2.05, 4.69) is 10.1 Å². The molecule has 2 aromatic heterocycles. The Labute approximate surface area is 62.7 Å². The average Bonchev–Trinajstić information content (AvgIpc) is 2.50. The smallest absolute Gasteiger partial charge is 0.154 e. The van der Waals surface area contributed by atoms with Crippen LogP contribution >= 0.6 is 0 Å². The lowest BCUT2D eigenvalue weighted by atomic mass is 10.4. The molecule has 2 aromatic rings. The normalized spacial score (nSPS) is 9.73. The second-order valence-electron chi connectivity index (χ2n) is 2.09. The third-order valence-electron chi connectivity index (χ3n) is 1.38. The van der Waals surface area contributed by atoms with Crippen molar-refractivity contribution in [3.8, 4) is 6.07 Å². The highest BCUT2D eigenvalue weighted by Crippen LogP contribution is 1.98. The zero-order valence-electron chi connectivity index (χ0n) is 5.60. The van der Waals surface area contributed by atoms with E-state index in [4.69, 9.17) is 5.26 Å². The first-order valence-electron chi connectivity index (χ1n) is 3.09. The van der Waals surface area contributed by atoms with Gasteiger partial charge in [-0.15, -0.1) is 0 Å². The van der Waals surface area contributed by atoms with Crippen LogP contribution in [0, 0.1) is 11.3 Å². The monoisotopic (exact) mass is 144 g/mol. The molecule has 2 rings (SSSR count). The molecule has 0 spiro atoms. The van der Waals surface area contributed by atoms with Crippen molar-refractivity contribution in [3.05, 3.63) is 30.2 Å². The molecule has 0 unspecified atom stereocenters. The highest BCUT2D eigenvalue weighted by atomic mass is 15.2.